The molecule has 0 heterocycles. The smallest absolute Gasteiger partial charge is 0.328 e. The van der Waals surface area contributed by atoms with Gasteiger partial charge < -0.3 is 5.11 Å². The van der Waals surface area contributed by atoms with Crippen LogP contribution in [0.5, 0.6) is 0 Å². The number of carboxylic acids is 1. The van der Waals surface area contributed by atoms with Crippen molar-refractivity contribution in [1.82, 2.24) is 0 Å². The van der Waals surface area contributed by atoms with Crippen molar-refractivity contribution in [2.45, 2.75) is 58.0 Å². The molecule has 4 heteroatoms. The topological polar surface area (TPSA) is 66.8 Å². The molecule has 0 amide bonds. The number of hydrogen-bond acceptors (Lipinski definition) is 3. The summed E-state index contributed by atoms with van der Waals surface area (Å²) in [6, 6.07) is 0. The minimum atomic E-state index is -0.952. The molecule has 2 N–H and O–H groups in total. The van der Waals surface area contributed by atoms with Crippen LogP contribution in [0.1, 0.15) is 51.9 Å². The van der Waals surface area contributed by atoms with Gasteiger partial charge in [-0.3, -0.25) is 5.26 Å². The summed E-state index contributed by atoms with van der Waals surface area (Å²) < 4.78 is 0. The molecule has 0 spiro atoms. The zero-order chi connectivity index (χ0) is 17.9. The van der Waals surface area contributed by atoms with Gasteiger partial charge in [0, 0.05) is 6.08 Å². The molecule has 0 aromatic heterocycles. The van der Waals surface area contributed by atoms with Crippen molar-refractivity contribution >= 4 is 5.97 Å². The number of carbonyl (C=O) groups is 1. The molecule has 0 rings (SSSR count). The van der Waals surface area contributed by atoms with Crippen LogP contribution < -0.4 is 0 Å². The molecule has 0 bridgehead atoms. The van der Waals surface area contributed by atoms with Crippen LogP contribution >= 0.6 is 0 Å². The van der Waals surface area contributed by atoms with Crippen LogP contribution in [0.2, 0.25) is 0 Å². The second-order valence-electron chi connectivity index (χ2n) is 5.43. The highest BCUT2D eigenvalue weighted by Gasteiger charge is 2.07. The van der Waals surface area contributed by atoms with E-state index in [0.717, 1.165) is 38.2 Å². The van der Waals surface area contributed by atoms with E-state index in [-0.39, 0.29) is 6.10 Å². The van der Waals surface area contributed by atoms with Gasteiger partial charge in [-0.15, -0.1) is 0 Å². The lowest BCUT2D eigenvalue weighted by Gasteiger charge is -2.11. The minimum Gasteiger partial charge on any atom is -0.478 e. The van der Waals surface area contributed by atoms with E-state index in [9.17, 15) is 4.79 Å². The highest BCUT2D eigenvalue weighted by molar-refractivity contribution is 5.80. The highest BCUT2D eigenvalue weighted by atomic mass is 17.1. The molecule has 134 valence electrons. The number of aliphatic carboxylic acids is 1. The molecule has 24 heavy (non-hydrogen) atoms. The molecule has 0 aliphatic carbocycles. The second-order valence-corrected chi connectivity index (χ2v) is 5.43. The minimum absolute atomic E-state index is 0.0367. The Kier molecular flexibility index (Phi) is 16.1. The van der Waals surface area contributed by atoms with Gasteiger partial charge in [0.2, 0.25) is 0 Å². The van der Waals surface area contributed by atoms with Crippen LogP contribution in [0.4, 0.5) is 0 Å². The fraction of sp³-hybridized carbons (Fsp3) is 0.450. The van der Waals surface area contributed by atoms with Crippen molar-refractivity contribution in [2.24, 2.45) is 0 Å². The molecule has 0 aliphatic rings. The van der Waals surface area contributed by atoms with Gasteiger partial charge in [0.25, 0.3) is 0 Å². The zero-order valence-electron chi connectivity index (χ0n) is 14.5. The van der Waals surface area contributed by atoms with Gasteiger partial charge >= 0.3 is 5.97 Å². The lowest BCUT2D eigenvalue weighted by atomic mass is 10.1. The third-order valence-electron chi connectivity index (χ3n) is 3.33. The van der Waals surface area contributed by atoms with Crippen molar-refractivity contribution in [3.05, 3.63) is 60.8 Å². The third kappa shape index (κ3) is 16.5. The standard InChI is InChI=1S/C20H30O4/c1-2-3-13-16-19(24-23)17-14-11-9-7-5-4-6-8-10-12-15-18-20(21)22/h4-10,12,15,18-19,23H,2-3,11,13-14,16-17H2,1H3,(H,21,22)/t19-/m0/s1. The van der Waals surface area contributed by atoms with Crippen LogP contribution in [-0.4, -0.2) is 22.4 Å². The Labute approximate surface area is 145 Å². The Morgan fingerprint density at radius 1 is 0.917 bits per heavy atom. The summed E-state index contributed by atoms with van der Waals surface area (Å²) in [5, 5.41) is 17.2. The lowest BCUT2D eigenvalue weighted by molar-refractivity contribution is -0.281. The van der Waals surface area contributed by atoms with Crippen LogP contribution in [0.25, 0.3) is 0 Å². The van der Waals surface area contributed by atoms with Gasteiger partial charge in [0.1, 0.15) is 0 Å². The Bertz CT molecular complexity index is 445. The van der Waals surface area contributed by atoms with E-state index in [1.165, 1.54) is 18.9 Å². The van der Waals surface area contributed by atoms with Gasteiger partial charge in [-0.2, -0.15) is 0 Å². The fourth-order valence-electron chi connectivity index (χ4n) is 2.03. The zero-order valence-corrected chi connectivity index (χ0v) is 14.5. The molecular weight excluding hydrogens is 304 g/mol. The van der Waals surface area contributed by atoms with Crippen molar-refractivity contribution < 1.29 is 20.0 Å². The molecule has 0 fully saturated rings. The van der Waals surface area contributed by atoms with E-state index in [4.69, 9.17) is 10.4 Å². The van der Waals surface area contributed by atoms with Crippen LogP contribution in [-0.2, 0) is 9.68 Å². The van der Waals surface area contributed by atoms with Crippen LogP contribution in [0.15, 0.2) is 60.8 Å². The number of carboxylic acid groups (broad SMARTS) is 1. The Morgan fingerprint density at radius 3 is 2.08 bits per heavy atom. The van der Waals surface area contributed by atoms with E-state index in [0.29, 0.717) is 0 Å². The molecule has 0 aromatic carbocycles. The summed E-state index contributed by atoms with van der Waals surface area (Å²) in [6.45, 7) is 2.16. The maximum absolute atomic E-state index is 10.2. The Morgan fingerprint density at radius 2 is 1.50 bits per heavy atom. The van der Waals surface area contributed by atoms with E-state index in [1.54, 1.807) is 12.2 Å². The Hall–Kier alpha value is -1.91. The van der Waals surface area contributed by atoms with Gasteiger partial charge in [0.05, 0.1) is 6.10 Å². The first-order chi connectivity index (χ1) is 11.7. The molecule has 0 aromatic rings. The molecule has 0 radical (unpaired) electrons. The molecule has 4 nitrogen and oxygen atoms in total. The number of hydrogen-bond donors (Lipinski definition) is 2. The molecular formula is C20H30O4. The molecule has 1 atom stereocenters. The molecule has 0 unspecified atom stereocenters. The third-order valence-corrected chi connectivity index (χ3v) is 3.33. The summed E-state index contributed by atoms with van der Waals surface area (Å²) >= 11 is 0. The highest BCUT2D eigenvalue weighted by Crippen LogP contribution is 2.12. The van der Waals surface area contributed by atoms with Gasteiger partial charge in [-0.05, 0) is 25.7 Å². The van der Waals surface area contributed by atoms with Crippen molar-refractivity contribution in [3.8, 4) is 0 Å². The maximum Gasteiger partial charge on any atom is 0.328 e. The van der Waals surface area contributed by atoms with Crippen LogP contribution in [0.3, 0.4) is 0 Å². The lowest BCUT2D eigenvalue weighted by Crippen LogP contribution is -2.10. The predicted octanol–water partition coefficient (Wildman–Crippen LogP) is 5.46. The van der Waals surface area contributed by atoms with Gasteiger partial charge in [-0.1, -0.05) is 80.9 Å². The first-order valence-corrected chi connectivity index (χ1v) is 8.57. The van der Waals surface area contributed by atoms with Gasteiger partial charge in [-0.25, -0.2) is 9.68 Å². The number of allylic oxidation sites excluding steroid dienone is 9. The Balaban J connectivity index is 3.74. The SMILES string of the molecule is CCCCC[C@@H](CCCC=CC=CC=CC=CC=CC(=O)O)OO. The average molecular weight is 334 g/mol. The van der Waals surface area contributed by atoms with Crippen molar-refractivity contribution in [2.75, 3.05) is 0 Å². The molecule has 0 saturated heterocycles. The summed E-state index contributed by atoms with van der Waals surface area (Å²) in [5.74, 6) is -0.952. The summed E-state index contributed by atoms with van der Waals surface area (Å²) in [4.78, 5) is 14.7. The van der Waals surface area contributed by atoms with Crippen molar-refractivity contribution in [3.63, 3.8) is 0 Å². The predicted molar refractivity (Wildman–Crippen MR) is 98.8 cm³/mol. The second kappa shape index (κ2) is 17.4. The number of rotatable bonds is 14. The van der Waals surface area contributed by atoms with E-state index in [1.807, 2.05) is 30.4 Å². The normalized spacial score (nSPS) is 14.1. The largest absolute Gasteiger partial charge is 0.478 e. The van der Waals surface area contributed by atoms with E-state index in [2.05, 4.69) is 17.9 Å². The maximum atomic E-state index is 10.2. The van der Waals surface area contributed by atoms with Gasteiger partial charge in [0.15, 0.2) is 0 Å². The summed E-state index contributed by atoms with van der Waals surface area (Å²) in [5.41, 5.74) is 0. The van der Waals surface area contributed by atoms with Crippen LogP contribution in [0, 0.1) is 0 Å². The average Bonchev–Trinajstić information content (AvgIpc) is 2.57. The van der Waals surface area contributed by atoms with E-state index < -0.39 is 5.97 Å². The number of unbranched alkanes of at least 4 members (excludes halogenated alkanes) is 3. The quantitative estimate of drug-likeness (QED) is 0.145. The fourth-order valence-corrected chi connectivity index (χ4v) is 2.03. The van der Waals surface area contributed by atoms with E-state index >= 15 is 0 Å². The summed E-state index contributed by atoms with van der Waals surface area (Å²) in [7, 11) is 0. The first kappa shape index (κ1) is 22.1. The van der Waals surface area contributed by atoms with Crippen molar-refractivity contribution in [1.29, 1.82) is 0 Å². The molecule has 0 saturated carbocycles. The summed E-state index contributed by atoms with van der Waals surface area (Å²) in [6.07, 6.45) is 24.8. The monoisotopic (exact) mass is 334 g/mol. The first-order valence-electron chi connectivity index (χ1n) is 8.57. The molecule has 0 aliphatic heterocycles.